The second-order valence-electron chi connectivity index (χ2n) is 4.37. The molecule has 19 heavy (non-hydrogen) atoms. The molecule has 0 amide bonds. The minimum absolute atomic E-state index is 0.0465. The van der Waals surface area contributed by atoms with E-state index in [1.807, 2.05) is 11.9 Å². The van der Waals surface area contributed by atoms with Crippen LogP contribution in [0.15, 0.2) is 30.3 Å². The smallest absolute Gasteiger partial charge is 0.223 e. The van der Waals surface area contributed by atoms with Crippen LogP contribution in [0, 0.1) is 5.82 Å². The van der Waals surface area contributed by atoms with Crippen molar-refractivity contribution < 1.29 is 9.50 Å². The average Bonchev–Trinajstić information content (AvgIpc) is 2.30. The molecule has 0 saturated carbocycles. The molecule has 5 nitrogen and oxygen atoms in total. The molecule has 1 heterocycles. The lowest BCUT2D eigenvalue weighted by Crippen LogP contribution is -2.18. The van der Waals surface area contributed by atoms with Gasteiger partial charge in [0, 0.05) is 19.2 Å². The van der Waals surface area contributed by atoms with Crippen molar-refractivity contribution in [2.75, 3.05) is 12.8 Å². The van der Waals surface area contributed by atoms with Gasteiger partial charge in [-0.1, -0.05) is 12.1 Å². The molecule has 0 unspecified atom stereocenters. The lowest BCUT2D eigenvalue weighted by Gasteiger charge is -2.16. The molecule has 100 valence electrons. The van der Waals surface area contributed by atoms with Gasteiger partial charge in [0.15, 0.2) is 0 Å². The van der Waals surface area contributed by atoms with E-state index in [4.69, 9.17) is 5.73 Å². The number of nitrogens with zero attached hydrogens (tertiary/aromatic N) is 3. The number of hydrogen-bond donors (Lipinski definition) is 2. The van der Waals surface area contributed by atoms with E-state index in [2.05, 4.69) is 9.97 Å². The number of benzene rings is 1. The first-order chi connectivity index (χ1) is 9.02. The first-order valence-corrected chi connectivity index (χ1v) is 5.78. The molecule has 0 aliphatic heterocycles. The van der Waals surface area contributed by atoms with Crippen LogP contribution in [-0.4, -0.2) is 27.0 Å². The highest BCUT2D eigenvalue weighted by molar-refractivity contribution is 5.25. The molecule has 0 aliphatic carbocycles. The molecule has 1 aromatic carbocycles. The summed E-state index contributed by atoms with van der Waals surface area (Å²) >= 11 is 0. The van der Waals surface area contributed by atoms with Crippen molar-refractivity contribution >= 4 is 5.95 Å². The van der Waals surface area contributed by atoms with E-state index in [0.29, 0.717) is 18.8 Å². The summed E-state index contributed by atoms with van der Waals surface area (Å²) in [6.45, 7) is 1.16. The third-order valence-electron chi connectivity index (χ3n) is 2.58. The van der Waals surface area contributed by atoms with Gasteiger partial charge in [-0.2, -0.15) is 4.98 Å². The van der Waals surface area contributed by atoms with E-state index in [-0.39, 0.29) is 17.6 Å². The van der Waals surface area contributed by atoms with Crippen LogP contribution in [0.4, 0.5) is 10.3 Å². The summed E-state index contributed by atoms with van der Waals surface area (Å²) in [5, 5.41) is 9.34. The number of aromatic hydroxyl groups is 1. The number of aromatic nitrogens is 2. The van der Waals surface area contributed by atoms with Gasteiger partial charge in [0.05, 0.1) is 5.69 Å². The van der Waals surface area contributed by atoms with Gasteiger partial charge in [0.2, 0.25) is 11.8 Å². The van der Waals surface area contributed by atoms with Gasteiger partial charge < -0.3 is 10.8 Å². The molecule has 0 atom stereocenters. The standard InChI is InChI=1S/C13H15FN4O/c1-18(7-9-2-4-10(14)5-3-9)8-11-6-12(19)17-13(15)16-11/h2-6H,7-8H2,1H3,(H3,15,16,17,19). The SMILES string of the molecule is CN(Cc1ccc(F)cc1)Cc1cc(O)nc(N)n1. The zero-order chi connectivity index (χ0) is 13.8. The molecule has 3 N–H and O–H groups in total. The van der Waals surface area contributed by atoms with Crippen LogP contribution in [0.5, 0.6) is 5.88 Å². The molecule has 0 bridgehead atoms. The highest BCUT2D eigenvalue weighted by Crippen LogP contribution is 2.12. The van der Waals surface area contributed by atoms with Crippen molar-refractivity contribution in [1.29, 1.82) is 0 Å². The summed E-state index contributed by atoms with van der Waals surface area (Å²) in [6.07, 6.45) is 0. The van der Waals surface area contributed by atoms with Gasteiger partial charge in [0.25, 0.3) is 0 Å². The van der Waals surface area contributed by atoms with Crippen molar-refractivity contribution in [3.8, 4) is 5.88 Å². The fourth-order valence-electron chi connectivity index (χ4n) is 1.82. The summed E-state index contributed by atoms with van der Waals surface area (Å²) in [6, 6.07) is 7.79. The maximum atomic E-state index is 12.8. The van der Waals surface area contributed by atoms with E-state index < -0.39 is 0 Å². The predicted octanol–water partition coefficient (Wildman–Crippen LogP) is 1.54. The van der Waals surface area contributed by atoms with Crippen LogP contribution in [0.25, 0.3) is 0 Å². The zero-order valence-corrected chi connectivity index (χ0v) is 10.5. The van der Waals surface area contributed by atoms with E-state index >= 15 is 0 Å². The van der Waals surface area contributed by atoms with Crippen molar-refractivity contribution in [1.82, 2.24) is 14.9 Å². The molecule has 0 spiro atoms. The van der Waals surface area contributed by atoms with Crippen LogP contribution in [0.2, 0.25) is 0 Å². The van der Waals surface area contributed by atoms with Crippen molar-refractivity contribution in [3.63, 3.8) is 0 Å². The number of rotatable bonds is 4. The molecular formula is C13H15FN4O. The Morgan fingerprint density at radius 2 is 1.89 bits per heavy atom. The molecular weight excluding hydrogens is 247 g/mol. The van der Waals surface area contributed by atoms with Gasteiger partial charge in [-0.25, -0.2) is 9.37 Å². The normalized spacial score (nSPS) is 10.9. The minimum atomic E-state index is -0.250. The predicted molar refractivity (Wildman–Crippen MR) is 69.7 cm³/mol. The highest BCUT2D eigenvalue weighted by Gasteiger charge is 2.06. The zero-order valence-electron chi connectivity index (χ0n) is 10.5. The monoisotopic (exact) mass is 262 g/mol. The Morgan fingerprint density at radius 3 is 2.53 bits per heavy atom. The van der Waals surface area contributed by atoms with Gasteiger partial charge in [-0.3, -0.25) is 4.90 Å². The van der Waals surface area contributed by atoms with Crippen molar-refractivity contribution in [2.45, 2.75) is 13.1 Å². The maximum Gasteiger partial charge on any atom is 0.223 e. The lowest BCUT2D eigenvalue weighted by molar-refractivity contribution is 0.314. The van der Waals surface area contributed by atoms with E-state index in [0.717, 1.165) is 5.56 Å². The Hall–Kier alpha value is -2.21. The third-order valence-corrected chi connectivity index (χ3v) is 2.58. The quantitative estimate of drug-likeness (QED) is 0.874. The largest absolute Gasteiger partial charge is 0.493 e. The van der Waals surface area contributed by atoms with Crippen LogP contribution < -0.4 is 5.73 Å². The summed E-state index contributed by atoms with van der Waals surface area (Å²) < 4.78 is 12.8. The van der Waals surface area contributed by atoms with E-state index in [1.165, 1.54) is 18.2 Å². The molecule has 0 saturated heterocycles. The number of anilines is 1. The Morgan fingerprint density at radius 1 is 1.21 bits per heavy atom. The minimum Gasteiger partial charge on any atom is -0.493 e. The fraction of sp³-hybridized carbons (Fsp3) is 0.231. The van der Waals surface area contributed by atoms with E-state index in [1.54, 1.807) is 12.1 Å². The van der Waals surface area contributed by atoms with Crippen LogP contribution in [0.3, 0.4) is 0 Å². The van der Waals surface area contributed by atoms with Gasteiger partial charge in [-0.15, -0.1) is 0 Å². The summed E-state index contributed by atoms with van der Waals surface area (Å²) in [5.74, 6) is -0.345. The van der Waals surface area contributed by atoms with Crippen LogP contribution in [-0.2, 0) is 13.1 Å². The molecule has 2 aromatic rings. The van der Waals surface area contributed by atoms with Crippen molar-refractivity contribution in [2.24, 2.45) is 0 Å². The third kappa shape index (κ3) is 3.89. The molecule has 0 radical (unpaired) electrons. The molecule has 6 heteroatoms. The first kappa shape index (κ1) is 13.2. The molecule has 0 aliphatic rings. The molecule has 2 rings (SSSR count). The van der Waals surface area contributed by atoms with E-state index in [9.17, 15) is 9.50 Å². The second kappa shape index (κ2) is 5.62. The number of halogens is 1. The van der Waals surface area contributed by atoms with Crippen molar-refractivity contribution in [3.05, 3.63) is 47.4 Å². The van der Waals surface area contributed by atoms with Gasteiger partial charge in [-0.05, 0) is 24.7 Å². The molecule has 1 aromatic heterocycles. The van der Waals surface area contributed by atoms with Gasteiger partial charge in [0.1, 0.15) is 5.82 Å². The van der Waals surface area contributed by atoms with Gasteiger partial charge >= 0.3 is 0 Å². The average molecular weight is 262 g/mol. The molecule has 0 fully saturated rings. The lowest BCUT2D eigenvalue weighted by atomic mass is 10.2. The Labute approximate surface area is 110 Å². The first-order valence-electron chi connectivity index (χ1n) is 5.78. The Kier molecular flexibility index (Phi) is 3.91. The fourth-order valence-corrected chi connectivity index (χ4v) is 1.82. The number of nitrogen functional groups attached to an aromatic ring is 1. The second-order valence-corrected chi connectivity index (χ2v) is 4.37. The van der Waals surface area contributed by atoms with Crippen LogP contribution in [0.1, 0.15) is 11.3 Å². The summed E-state index contributed by atoms with van der Waals surface area (Å²) in [4.78, 5) is 9.61. The Bertz CT molecular complexity index is 539. The summed E-state index contributed by atoms with van der Waals surface area (Å²) in [5.41, 5.74) is 7.09. The number of hydrogen-bond acceptors (Lipinski definition) is 5. The summed E-state index contributed by atoms with van der Waals surface area (Å²) in [7, 11) is 1.90. The van der Waals surface area contributed by atoms with Crippen LogP contribution >= 0.6 is 0 Å². The maximum absolute atomic E-state index is 12.8. The number of nitrogens with two attached hydrogens (primary N) is 1. The highest BCUT2D eigenvalue weighted by atomic mass is 19.1. The Balaban J connectivity index is 2.00. The topological polar surface area (TPSA) is 75.3 Å².